The highest BCUT2D eigenvalue weighted by molar-refractivity contribution is 9.10. The summed E-state index contributed by atoms with van der Waals surface area (Å²) >= 11 is 11.0. The summed E-state index contributed by atoms with van der Waals surface area (Å²) in [6, 6.07) is 15.4. The summed E-state index contributed by atoms with van der Waals surface area (Å²) in [6.07, 6.45) is 1.03. The Hall–Kier alpha value is -0.120. The van der Waals surface area contributed by atoms with Crippen molar-refractivity contribution in [1.29, 1.82) is 0 Å². The minimum atomic E-state index is 0.0687. The van der Waals surface area contributed by atoms with Gasteiger partial charge in [0.2, 0.25) is 0 Å². The summed E-state index contributed by atoms with van der Waals surface area (Å²) in [5.41, 5.74) is 5.55. The Bertz CT molecular complexity index is 598. The van der Waals surface area contributed by atoms with Crippen LogP contribution >= 0.6 is 47.8 Å². The van der Waals surface area contributed by atoms with Crippen LogP contribution in [0.1, 0.15) is 22.3 Å². The van der Waals surface area contributed by atoms with Crippen molar-refractivity contribution in [2.24, 2.45) is 0 Å². The largest absolute Gasteiger partial charge is 0.0918 e. The van der Waals surface area contributed by atoms with Crippen LogP contribution in [0.5, 0.6) is 0 Å². The van der Waals surface area contributed by atoms with E-state index in [4.69, 9.17) is 0 Å². The van der Waals surface area contributed by atoms with E-state index in [-0.39, 0.29) is 5.41 Å². The normalized spacial score (nSPS) is 11.7. The molecule has 0 unspecified atom stereocenters. The smallest absolute Gasteiger partial charge is 0.0187 e. The molecule has 2 rings (SSSR count). The van der Waals surface area contributed by atoms with Crippen molar-refractivity contribution < 1.29 is 0 Å². The van der Waals surface area contributed by atoms with Gasteiger partial charge in [-0.15, -0.1) is 0 Å². The summed E-state index contributed by atoms with van der Waals surface area (Å²) in [5, 5.41) is 1.86. The topological polar surface area (TPSA) is 0 Å². The fourth-order valence-corrected chi connectivity index (χ4v) is 4.78. The molecule has 0 saturated carbocycles. The molecule has 21 heavy (non-hydrogen) atoms. The number of halogens is 3. The SMILES string of the molecule is Cc1ccc(C)c(CC(CBr)(CBr)c2ccc(Br)cc2)c1. The zero-order valence-corrected chi connectivity index (χ0v) is 17.1. The number of benzene rings is 2. The summed E-state index contributed by atoms with van der Waals surface area (Å²) in [6.45, 7) is 4.36. The zero-order chi connectivity index (χ0) is 15.5. The van der Waals surface area contributed by atoms with E-state index in [2.05, 4.69) is 104 Å². The van der Waals surface area contributed by atoms with Gasteiger partial charge in [-0.1, -0.05) is 83.7 Å². The predicted octanol–water partition coefficient (Wildman–Crippen LogP) is 6.34. The van der Waals surface area contributed by atoms with Gasteiger partial charge in [0.1, 0.15) is 0 Å². The van der Waals surface area contributed by atoms with E-state index >= 15 is 0 Å². The van der Waals surface area contributed by atoms with Crippen LogP contribution in [0.4, 0.5) is 0 Å². The van der Waals surface area contributed by atoms with Gasteiger partial charge in [-0.2, -0.15) is 0 Å². The van der Waals surface area contributed by atoms with E-state index in [1.807, 2.05) is 0 Å². The Balaban J connectivity index is 2.42. The third kappa shape index (κ3) is 4.00. The summed E-state index contributed by atoms with van der Waals surface area (Å²) in [7, 11) is 0. The van der Waals surface area contributed by atoms with Crippen molar-refractivity contribution in [2.75, 3.05) is 10.7 Å². The number of hydrogen-bond donors (Lipinski definition) is 0. The van der Waals surface area contributed by atoms with E-state index < -0.39 is 0 Å². The highest BCUT2D eigenvalue weighted by Crippen LogP contribution is 2.34. The maximum atomic E-state index is 3.75. The van der Waals surface area contributed by atoms with Crippen LogP contribution in [-0.2, 0) is 11.8 Å². The fourth-order valence-electron chi connectivity index (χ4n) is 2.55. The lowest BCUT2D eigenvalue weighted by atomic mass is 9.78. The maximum absolute atomic E-state index is 3.75. The molecule has 0 aliphatic heterocycles. The second-order valence-corrected chi connectivity index (χ2v) is 7.70. The van der Waals surface area contributed by atoms with Gasteiger partial charge in [-0.3, -0.25) is 0 Å². The lowest BCUT2D eigenvalue weighted by Crippen LogP contribution is -2.33. The van der Waals surface area contributed by atoms with Crippen molar-refractivity contribution >= 4 is 47.8 Å². The van der Waals surface area contributed by atoms with Crippen molar-refractivity contribution in [1.82, 2.24) is 0 Å². The van der Waals surface area contributed by atoms with Crippen molar-refractivity contribution in [3.8, 4) is 0 Å². The monoisotopic (exact) mass is 472 g/mol. The Morgan fingerprint density at radius 3 is 2.10 bits per heavy atom. The Kier molecular flexibility index (Phi) is 6.10. The number of hydrogen-bond acceptors (Lipinski definition) is 0. The summed E-state index contributed by atoms with van der Waals surface area (Å²) < 4.78 is 1.12. The number of alkyl halides is 2. The third-order valence-electron chi connectivity index (χ3n) is 4.00. The number of rotatable bonds is 5. The highest BCUT2D eigenvalue weighted by atomic mass is 79.9. The van der Waals surface area contributed by atoms with Crippen LogP contribution < -0.4 is 0 Å². The zero-order valence-electron chi connectivity index (χ0n) is 12.3. The maximum Gasteiger partial charge on any atom is 0.0187 e. The molecule has 0 saturated heterocycles. The standard InChI is InChI=1S/C18H19Br3/c1-13-3-4-14(2)15(9-13)10-18(11-19,12-20)16-5-7-17(21)8-6-16/h3-9H,10-12H2,1-2H3. The highest BCUT2D eigenvalue weighted by Gasteiger charge is 2.31. The minimum Gasteiger partial charge on any atom is -0.0918 e. The molecule has 112 valence electrons. The van der Waals surface area contributed by atoms with Crippen LogP contribution in [0.25, 0.3) is 0 Å². The molecular weight excluding hydrogens is 456 g/mol. The van der Waals surface area contributed by atoms with E-state index in [1.54, 1.807) is 0 Å². The fraction of sp³-hybridized carbons (Fsp3) is 0.333. The molecule has 0 aliphatic carbocycles. The average Bonchev–Trinajstić information content (AvgIpc) is 2.49. The minimum absolute atomic E-state index is 0.0687. The van der Waals surface area contributed by atoms with Crippen LogP contribution in [0, 0.1) is 13.8 Å². The lowest BCUT2D eigenvalue weighted by Gasteiger charge is -2.32. The van der Waals surface area contributed by atoms with Gasteiger partial charge in [-0.25, -0.2) is 0 Å². The first-order valence-electron chi connectivity index (χ1n) is 6.95. The van der Waals surface area contributed by atoms with Gasteiger partial charge >= 0.3 is 0 Å². The van der Waals surface area contributed by atoms with Crippen LogP contribution in [0.2, 0.25) is 0 Å². The molecule has 0 atom stereocenters. The van der Waals surface area contributed by atoms with Crippen molar-refractivity contribution in [3.63, 3.8) is 0 Å². The lowest BCUT2D eigenvalue weighted by molar-refractivity contribution is 0.549. The molecule has 0 aromatic heterocycles. The van der Waals surface area contributed by atoms with Gasteiger partial charge in [0.25, 0.3) is 0 Å². The summed E-state index contributed by atoms with van der Waals surface area (Å²) in [5.74, 6) is 0. The molecule has 2 aromatic carbocycles. The Labute approximate surface area is 152 Å². The Morgan fingerprint density at radius 1 is 0.905 bits per heavy atom. The van der Waals surface area contributed by atoms with Crippen LogP contribution in [-0.4, -0.2) is 10.7 Å². The molecule has 0 nitrogen and oxygen atoms in total. The van der Waals surface area contributed by atoms with Gasteiger partial charge in [0.05, 0.1) is 0 Å². The molecule has 0 amide bonds. The molecule has 0 spiro atoms. The quantitative estimate of drug-likeness (QED) is 0.444. The molecule has 0 heterocycles. The molecule has 0 fully saturated rings. The van der Waals surface area contributed by atoms with Gasteiger partial charge < -0.3 is 0 Å². The first-order valence-corrected chi connectivity index (χ1v) is 9.98. The first-order chi connectivity index (χ1) is 10.0. The van der Waals surface area contributed by atoms with Gasteiger partial charge in [-0.05, 0) is 49.1 Å². The van der Waals surface area contributed by atoms with E-state index in [9.17, 15) is 0 Å². The van der Waals surface area contributed by atoms with Gasteiger partial charge in [0.15, 0.2) is 0 Å². The molecule has 2 aromatic rings. The third-order valence-corrected chi connectivity index (χ3v) is 6.68. The molecule has 0 aliphatic rings. The molecule has 0 bridgehead atoms. The Morgan fingerprint density at radius 2 is 1.52 bits per heavy atom. The first kappa shape index (κ1) is 17.2. The van der Waals surface area contributed by atoms with Crippen molar-refractivity contribution in [2.45, 2.75) is 25.7 Å². The van der Waals surface area contributed by atoms with E-state index in [0.29, 0.717) is 0 Å². The van der Waals surface area contributed by atoms with Crippen molar-refractivity contribution in [3.05, 3.63) is 69.2 Å². The van der Waals surface area contributed by atoms with E-state index in [0.717, 1.165) is 21.6 Å². The van der Waals surface area contributed by atoms with E-state index in [1.165, 1.54) is 22.3 Å². The van der Waals surface area contributed by atoms with Crippen LogP contribution in [0.15, 0.2) is 46.9 Å². The molecule has 3 heteroatoms. The molecule has 0 radical (unpaired) electrons. The second-order valence-electron chi connectivity index (χ2n) is 5.66. The van der Waals surface area contributed by atoms with Gasteiger partial charge in [0, 0.05) is 20.5 Å². The summed E-state index contributed by atoms with van der Waals surface area (Å²) in [4.78, 5) is 0. The molecular formula is C18H19Br3. The molecule has 0 N–H and O–H groups in total. The average molecular weight is 475 g/mol. The second kappa shape index (κ2) is 7.43. The predicted molar refractivity (Wildman–Crippen MR) is 103 cm³/mol. The van der Waals surface area contributed by atoms with Crippen LogP contribution in [0.3, 0.4) is 0 Å². The number of aryl methyl sites for hydroxylation is 2.